The van der Waals surface area contributed by atoms with E-state index in [-0.39, 0.29) is 5.78 Å². The first-order valence-corrected chi connectivity index (χ1v) is 9.26. The second kappa shape index (κ2) is 6.01. The monoisotopic (exact) mass is 363 g/mol. The van der Waals surface area contributed by atoms with Crippen LogP contribution in [-0.4, -0.2) is 41.6 Å². The van der Waals surface area contributed by atoms with Crippen LogP contribution in [0.3, 0.4) is 0 Å². The third-order valence-electron chi connectivity index (χ3n) is 5.65. The van der Waals surface area contributed by atoms with Crippen molar-refractivity contribution in [3.63, 3.8) is 0 Å². The fraction of sp³-hybridized carbons (Fsp3) is 0.333. The van der Waals surface area contributed by atoms with Crippen LogP contribution in [0.1, 0.15) is 29.6 Å². The number of para-hydroxylation sites is 2. The molecule has 138 valence electrons. The molecule has 1 saturated heterocycles. The summed E-state index contributed by atoms with van der Waals surface area (Å²) in [5.41, 5.74) is 2.23. The zero-order valence-corrected chi connectivity index (χ0v) is 15.2. The lowest BCUT2D eigenvalue weighted by atomic mass is 9.82. The number of aromatic amines is 1. The molecule has 1 N–H and O–H groups in total. The number of benzene rings is 2. The van der Waals surface area contributed by atoms with E-state index < -0.39 is 5.60 Å². The highest BCUT2D eigenvalue weighted by Gasteiger charge is 2.43. The van der Waals surface area contributed by atoms with Crippen LogP contribution in [0.15, 0.2) is 42.5 Å². The van der Waals surface area contributed by atoms with E-state index in [1.807, 2.05) is 36.4 Å². The molecule has 0 aliphatic carbocycles. The number of rotatable bonds is 2. The summed E-state index contributed by atoms with van der Waals surface area (Å²) in [6.07, 6.45) is 2.00. The molecule has 0 unspecified atom stereocenters. The van der Waals surface area contributed by atoms with E-state index in [0.29, 0.717) is 23.5 Å². The first kappa shape index (κ1) is 16.2. The van der Waals surface area contributed by atoms with Gasteiger partial charge in [0.15, 0.2) is 5.78 Å². The van der Waals surface area contributed by atoms with Crippen molar-refractivity contribution in [2.45, 2.75) is 24.9 Å². The van der Waals surface area contributed by atoms with Crippen LogP contribution in [0.5, 0.6) is 11.5 Å². The Hall–Kier alpha value is -3.02. The van der Waals surface area contributed by atoms with E-state index in [0.717, 1.165) is 42.9 Å². The maximum absolute atomic E-state index is 12.7. The molecule has 1 fully saturated rings. The highest BCUT2D eigenvalue weighted by atomic mass is 16.5. The minimum atomic E-state index is -0.432. The molecule has 2 aliphatic rings. The fourth-order valence-corrected chi connectivity index (χ4v) is 4.10. The topological polar surface area (TPSA) is 67.5 Å². The molecule has 3 aromatic rings. The Morgan fingerprint density at radius 2 is 2.00 bits per heavy atom. The van der Waals surface area contributed by atoms with Crippen LogP contribution in [0, 0.1) is 0 Å². The predicted molar refractivity (Wildman–Crippen MR) is 103 cm³/mol. The molecule has 0 atom stereocenters. The smallest absolute Gasteiger partial charge is 0.203 e. The van der Waals surface area contributed by atoms with Crippen LogP contribution >= 0.6 is 0 Å². The minimum absolute atomic E-state index is 0.149. The van der Waals surface area contributed by atoms with Gasteiger partial charge < -0.3 is 19.4 Å². The number of fused-ring (bicyclic) bond motifs is 2. The number of piperidine rings is 1. The van der Waals surface area contributed by atoms with Crippen molar-refractivity contribution in [2.75, 3.05) is 25.1 Å². The number of Topliss-reactive ketones (excluding diaryl/α,β-unsaturated/α-hetero) is 1. The number of methoxy groups -OCH3 is 1. The molecular formula is C21H21N3O3. The van der Waals surface area contributed by atoms with Gasteiger partial charge in [0, 0.05) is 32.0 Å². The normalized spacial score (nSPS) is 18.4. The van der Waals surface area contributed by atoms with E-state index in [9.17, 15) is 4.79 Å². The average Bonchev–Trinajstić information content (AvgIpc) is 3.12. The predicted octanol–water partition coefficient (Wildman–Crippen LogP) is 3.58. The number of imidazole rings is 1. The number of hydrogen-bond acceptors (Lipinski definition) is 5. The van der Waals surface area contributed by atoms with Crippen molar-refractivity contribution in [3.8, 4) is 11.5 Å². The molecule has 27 heavy (non-hydrogen) atoms. The third-order valence-corrected chi connectivity index (χ3v) is 5.65. The standard InChI is InChI=1S/C21H21N3O3/c1-26-14-6-7-15-18(25)13-21(27-19(15)12-14)8-10-24(11-9-21)20-22-16-4-2-3-5-17(16)23-20/h2-7,12H,8-11,13H2,1H3,(H,22,23). The molecule has 6 heteroatoms. The van der Waals surface area contributed by atoms with Crippen molar-refractivity contribution >= 4 is 22.8 Å². The van der Waals surface area contributed by atoms with E-state index >= 15 is 0 Å². The lowest BCUT2D eigenvalue weighted by molar-refractivity contribution is 0.0229. The summed E-state index contributed by atoms with van der Waals surface area (Å²) in [7, 11) is 1.62. The Morgan fingerprint density at radius 1 is 1.19 bits per heavy atom. The Labute approximate surface area is 157 Å². The van der Waals surface area contributed by atoms with Crippen LogP contribution in [0.4, 0.5) is 5.95 Å². The van der Waals surface area contributed by atoms with Gasteiger partial charge >= 0.3 is 0 Å². The summed E-state index contributed by atoms with van der Waals surface area (Å²) in [5, 5.41) is 0. The van der Waals surface area contributed by atoms with Crippen molar-refractivity contribution in [1.29, 1.82) is 0 Å². The van der Waals surface area contributed by atoms with E-state index in [4.69, 9.17) is 9.47 Å². The summed E-state index contributed by atoms with van der Waals surface area (Å²) in [6.45, 7) is 1.60. The SMILES string of the molecule is COc1ccc2c(c1)OC1(CCN(c3nc4ccccc4[nH]3)CC1)CC2=O. The van der Waals surface area contributed by atoms with Gasteiger partial charge in [-0.2, -0.15) is 0 Å². The second-order valence-corrected chi connectivity index (χ2v) is 7.31. The summed E-state index contributed by atoms with van der Waals surface area (Å²) in [5.74, 6) is 2.38. The van der Waals surface area contributed by atoms with Gasteiger partial charge in [-0.05, 0) is 24.3 Å². The maximum atomic E-state index is 12.7. The highest BCUT2D eigenvalue weighted by Crippen LogP contribution is 2.41. The number of nitrogens with one attached hydrogen (secondary N) is 1. The molecule has 0 radical (unpaired) electrons. The number of H-pyrrole nitrogens is 1. The summed E-state index contributed by atoms with van der Waals surface area (Å²) < 4.78 is 11.6. The number of ether oxygens (including phenoxy) is 2. The first-order chi connectivity index (χ1) is 13.2. The van der Waals surface area contributed by atoms with Gasteiger partial charge in [-0.3, -0.25) is 4.79 Å². The Bertz CT molecular complexity index is 985. The van der Waals surface area contributed by atoms with Gasteiger partial charge in [0.1, 0.15) is 17.1 Å². The fourth-order valence-electron chi connectivity index (χ4n) is 4.10. The van der Waals surface area contributed by atoms with Crippen LogP contribution in [-0.2, 0) is 0 Å². The number of carbonyl (C=O) groups excluding carboxylic acids is 1. The van der Waals surface area contributed by atoms with Crippen molar-refractivity contribution in [3.05, 3.63) is 48.0 Å². The highest BCUT2D eigenvalue weighted by molar-refractivity contribution is 6.00. The Kier molecular flexibility index (Phi) is 3.60. The number of carbonyl (C=O) groups is 1. The molecule has 1 aromatic heterocycles. The van der Waals surface area contributed by atoms with Gasteiger partial charge in [0.2, 0.25) is 5.95 Å². The zero-order chi connectivity index (χ0) is 18.4. The first-order valence-electron chi connectivity index (χ1n) is 9.26. The maximum Gasteiger partial charge on any atom is 0.203 e. The largest absolute Gasteiger partial charge is 0.497 e. The quantitative estimate of drug-likeness (QED) is 0.754. The number of aromatic nitrogens is 2. The summed E-state index contributed by atoms with van der Waals surface area (Å²) in [4.78, 5) is 23.0. The van der Waals surface area contributed by atoms with Crippen molar-refractivity contribution in [1.82, 2.24) is 9.97 Å². The molecule has 3 heterocycles. The van der Waals surface area contributed by atoms with Gasteiger partial charge in [-0.15, -0.1) is 0 Å². The number of nitrogens with zero attached hydrogens (tertiary/aromatic N) is 2. The molecule has 2 aromatic carbocycles. The van der Waals surface area contributed by atoms with Crippen LogP contribution in [0.2, 0.25) is 0 Å². The van der Waals surface area contributed by atoms with Gasteiger partial charge in [0.05, 0.1) is 30.1 Å². The minimum Gasteiger partial charge on any atom is -0.497 e. The van der Waals surface area contributed by atoms with E-state index in [1.54, 1.807) is 13.2 Å². The molecular weight excluding hydrogens is 342 g/mol. The third kappa shape index (κ3) is 2.72. The average molecular weight is 363 g/mol. The molecule has 6 nitrogen and oxygen atoms in total. The Morgan fingerprint density at radius 3 is 2.78 bits per heavy atom. The molecule has 0 amide bonds. The zero-order valence-electron chi connectivity index (χ0n) is 15.2. The number of hydrogen-bond donors (Lipinski definition) is 1. The lowest BCUT2D eigenvalue weighted by Crippen LogP contribution is -2.51. The van der Waals surface area contributed by atoms with Gasteiger partial charge in [-0.25, -0.2) is 4.98 Å². The van der Waals surface area contributed by atoms with Crippen LogP contribution in [0.25, 0.3) is 11.0 Å². The summed E-state index contributed by atoms with van der Waals surface area (Å²) in [6, 6.07) is 13.5. The summed E-state index contributed by atoms with van der Waals surface area (Å²) >= 11 is 0. The van der Waals surface area contributed by atoms with Crippen molar-refractivity contribution < 1.29 is 14.3 Å². The number of anilines is 1. The van der Waals surface area contributed by atoms with Gasteiger partial charge in [0.25, 0.3) is 0 Å². The second-order valence-electron chi connectivity index (χ2n) is 7.31. The molecule has 1 spiro atoms. The molecule has 5 rings (SSSR count). The molecule has 0 saturated carbocycles. The van der Waals surface area contributed by atoms with Crippen molar-refractivity contribution in [2.24, 2.45) is 0 Å². The molecule has 0 bridgehead atoms. The van der Waals surface area contributed by atoms with Gasteiger partial charge in [-0.1, -0.05) is 12.1 Å². The molecule has 2 aliphatic heterocycles. The Balaban J connectivity index is 1.37. The van der Waals surface area contributed by atoms with E-state index in [2.05, 4.69) is 14.9 Å². The lowest BCUT2D eigenvalue weighted by Gasteiger charge is -2.43. The van der Waals surface area contributed by atoms with Crippen LogP contribution < -0.4 is 14.4 Å². The number of ketones is 1. The van der Waals surface area contributed by atoms with E-state index in [1.165, 1.54) is 0 Å².